The summed E-state index contributed by atoms with van der Waals surface area (Å²) in [4.78, 5) is 6.75. The minimum absolute atomic E-state index is 0.146. The molecule has 156 valence electrons. The zero-order chi connectivity index (χ0) is 20.9. The van der Waals surface area contributed by atoms with Crippen LogP contribution in [-0.4, -0.2) is 48.6 Å². The summed E-state index contributed by atoms with van der Waals surface area (Å²) in [6.45, 7) is 8.79. The van der Waals surface area contributed by atoms with Crippen LogP contribution in [0.4, 0.5) is 17.1 Å². The van der Waals surface area contributed by atoms with E-state index in [1.807, 2.05) is 37.3 Å². The fourth-order valence-corrected chi connectivity index (χ4v) is 2.88. The van der Waals surface area contributed by atoms with Crippen molar-refractivity contribution in [2.45, 2.75) is 32.9 Å². The number of rotatable bonds is 7. The van der Waals surface area contributed by atoms with E-state index in [9.17, 15) is 5.11 Å². The molecule has 29 heavy (non-hydrogen) atoms. The van der Waals surface area contributed by atoms with Crippen molar-refractivity contribution < 1.29 is 14.6 Å². The van der Waals surface area contributed by atoms with E-state index in [-0.39, 0.29) is 6.61 Å². The zero-order valence-corrected chi connectivity index (χ0v) is 17.3. The number of pyridine rings is 1. The second kappa shape index (κ2) is 9.19. The van der Waals surface area contributed by atoms with Gasteiger partial charge in [-0.1, -0.05) is 6.07 Å². The Kier molecular flexibility index (Phi) is 6.66. The maximum absolute atomic E-state index is 9.96. The molecule has 8 heteroatoms. The number of aliphatic hydroxyl groups is 1. The van der Waals surface area contributed by atoms with Crippen LogP contribution in [0.25, 0.3) is 0 Å². The first-order chi connectivity index (χ1) is 13.8. The number of anilines is 2. The highest BCUT2D eigenvalue weighted by molar-refractivity contribution is 5.62. The summed E-state index contributed by atoms with van der Waals surface area (Å²) in [6.07, 6.45) is 0. The fourth-order valence-electron chi connectivity index (χ4n) is 2.88. The Balaban J connectivity index is 1.79. The van der Waals surface area contributed by atoms with E-state index in [0.717, 1.165) is 30.0 Å². The molecule has 0 atom stereocenters. The number of benzene rings is 1. The molecule has 1 aliphatic rings. The molecule has 0 saturated carbocycles. The van der Waals surface area contributed by atoms with Crippen LogP contribution in [0.15, 0.2) is 40.6 Å². The Hall–Kier alpha value is -2.71. The lowest BCUT2D eigenvalue weighted by atomic mass is 10.2. The number of aromatic nitrogens is 1. The number of aryl methyl sites for hydroxylation is 1. The number of hydrogen-bond donors (Lipinski definition) is 2. The Morgan fingerprint density at radius 3 is 2.72 bits per heavy atom. The van der Waals surface area contributed by atoms with Gasteiger partial charge in [0.15, 0.2) is 0 Å². The van der Waals surface area contributed by atoms with Crippen molar-refractivity contribution in [2.75, 3.05) is 43.5 Å². The minimum Gasteiger partial charge on any atom is -0.475 e. The number of ether oxygens (including phenoxy) is 2. The van der Waals surface area contributed by atoms with Crippen molar-refractivity contribution in [1.82, 2.24) is 4.98 Å². The summed E-state index contributed by atoms with van der Waals surface area (Å²) in [5, 5.41) is 18.5. The zero-order valence-electron chi connectivity index (χ0n) is 17.3. The molecule has 1 fully saturated rings. The number of azo groups is 1. The van der Waals surface area contributed by atoms with Gasteiger partial charge in [0.05, 0.1) is 30.2 Å². The normalized spacial score (nSPS) is 15.1. The van der Waals surface area contributed by atoms with Crippen LogP contribution in [0.1, 0.15) is 25.1 Å². The molecule has 1 aromatic heterocycles. The van der Waals surface area contributed by atoms with Crippen LogP contribution in [0.5, 0.6) is 5.88 Å². The van der Waals surface area contributed by atoms with E-state index in [2.05, 4.69) is 20.1 Å². The van der Waals surface area contributed by atoms with Gasteiger partial charge in [0.2, 0.25) is 5.88 Å². The Labute approximate surface area is 171 Å². The Morgan fingerprint density at radius 2 is 2.00 bits per heavy atom. The molecule has 0 spiro atoms. The van der Waals surface area contributed by atoms with Gasteiger partial charge in [0, 0.05) is 24.8 Å². The number of morpholine rings is 1. The minimum atomic E-state index is -0.945. The van der Waals surface area contributed by atoms with Gasteiger partial charge in [-0.15, -0.1) is 0 Å². The molecule has 1 aromatic carbocycles. The van der Waals surface area contributed by atoms with Crippen molar-refractivity contribution in [1.29, 1.82) is 0 Å². The topological polar surface area (TPSA) is 106 Å². The molecule has 8 nitrogen and oxygen atoms in total. The van der Waals surface area contributed by atoms with Gasteiger partial charge in [0.1, 0.15) is 18.8 Å². The van der Waals surface area contributed by atoms with E-state index in [1.165, 1.54) is 0 Å². The largest absolute Gasteiger partial charge is 0.475 e. The molecule has 0 bridgehead atoms. The lowest BCUT2D eigenvalue weighted by Crippen LogP contribution is -2.36. The fraction of sp³-hybridized carbons (Fsp3) is 0.476. The molecule has 0 radical (unpaired) electrons. The molecule has 1 saturated heterocycles. The summed E-state index contributed by atoms with van der Waals surface area (Å²) in [5.74, 6) is 0.455. The number of nitrogens with two attached hydrogens (primary N) is 1. The van der Waals surface area contributed by atoms with Crippen molar-refractivity contribution in [3.8, 4) is 5.88 Å². The molecule has 3 N–H and O–H groups in total. The second-order valence-corrected chi connectivity index (χ2v) is 7.82. The molecule has 3 rings (SSSR count). The van der Waals surface area contributed by atoms with Gasteiger partial charge in [-0.05, 0) is 44.5 Å². The van der Waals surface area contributed by atoms with E-state index in [4.69, 9.17) is 15.2 Å². The molecule has 0 aliphatic carbocycles. The summed E-state index contributed by atoms with van der Waals surface area (Å²) < 4.78 is 11.2. The summed E-state index contributed by atoms with van der Waals surface area (Å²) >= 11 is 0. The standard InChI is InChI=1S/C21H29N5O3/c1-15-4-5-18(22)19(10-15)25-23-13-16-11-17(26-6-8-28-9-7-26)12-20(24-16)29-14-21(2,3)27/h4-5,10-12,27H,6-9,13-14,22H2,1-3H3. The van der Waals surface area contributed by atoms with E-state index >= 15 is 0 Å². The summed E-state index contributed by atoms with van der Waals surface area (Å²) in [6, 6.07) is 9.53. The molecule has 1 aliphatic heterocycles. The second-order valence-electron chi connectivity index (χ2n) is 7.82. The maximum Gasteiger partial charge on any atom is 0.215 e. The average molecular weight is 399 g/mol. The van der Waals surface area contributed by atoms with Crippen LogP contribution >= 0.6 is 0 Å². The molecular weight excluding hydrogens is 370 g/mol. The van der Waals surface area contributed by atoms with Crippen molar-refractivity contribution in [3.05, 3.63) is 41.6 Å². The van der Waals surface area contributed by atoms with Crippen molar-refractivity contribution >= 4 is 17.1 Å². The van der Waals surface area contributed by atoms with Gasteiger partial charge >= 0.3 is 0 Å². The predicted octanol–water partition coefficient (Wildman–Crippen LogP) is 3.24. The van der Waals surface area contributed by atoms with Gasteiger partial charge in [0.25, 0.3) is 0 Å². The summed E-state index contributed by atoms with van der Waals surface area (Å²) in [5.41, 5.74) is 9.05. The highest BCUT2D eigenvalue weighted by Crippen LogP contribution is 2.26. The molecule has 2 heterocycles. The predicted molar refractivity (Wildman–Crippen MR) is 113 cm³/mol. The van der Waals surface area contributed by atoms with E-state index < -0.39 is 5.60 Å². The highest BCUT2D eigenvalue weighted by Gasteiger charge is 2.17. The lowest BCUT2D eigenvalue weighted by molar-refractivity contribution is 0.0268. The molecule has 0 amide bonds. The van der Waals surface area contributed by atoms with E-state index in [0.29, 0.717) is 37.0 Å². The van der Waals surface area contributed by atoms with Crippen LogP contribution in [0.3, 0.4) is 0 Å². The molecule has 2 aromatic rings. The SMILES string of the molecule is Cc1ccc(N)c(N=NCc2cc(N3CCOCC3)cc(OCC(C)(C)O)n2)c1. The Bertz CT molecular complexity index is 858. The van der Waals surface area contributed by atoms with Gasteiger partial charge in [-0.3, -0.25) is 0 Å². The van der Waals surface area contributed by atoms with Crippen molar-refractivity contribution in [2.24, 2.45) is 10.2 Å². The van der Waals surface area contributed by atoms with Crippen LogP contribution in [0.2, 0.25) is 0 Å². The average Bonchev–Trinajstić information content (AvgIpc) is 2.69. The first-order valence-electron chi connectivity index (χ1n) is 9.73. The Morgan fingerprint density at radius 1 is 1.24 bits per heavy atom. The maximum atomic E-state index is 9.96. The summed E-state index contributed by atoms with van der Waals surface area (Å²) in [7, 11) is 0. The third-order valence-corrected chi connectivity index (χ3v) is 4.39. The smallest absolute Gasteiger partial charge is 0.215 e. The van der Waals surface area contributed by atoms with Gasteiger partial charge in [-0.2, -0.15) is 10.2 Å². The third kappa shape index (κ3) is 6.40. The van der Waals surface area contributed by atoms with Gasteiger partial charge < -0.3 is 25.2 Å². The number of nitrogen functional groups attached to an aromatic ring is 1. The highest BCUT2D eigenvalue weighted by atomic mass is 16.5. The van der Waals surface area contributed by atoms with Crippen LogP contribution < -0.4 is 15.4 Å². The van der Waals surface area contributed by atoms with Gasteiger partial charge in [-0.25, -0.2) is 4.98 Å². The molecular formula is C21H29N5O3. The third-order valence-electron chi connectivity index (χ3n) is 4.39. The quantitative estimate of drug-likeness (QED) is 0.547. The lowest BCUT2D eigenvalue weighted by Gasteiger charge is -2.29. The van der Waals surface area contributed by atoms with Crippen molar-refractivity contribution in [3.63, 3.8) is 0 Å². The first-order valence-corrected chi connectivity index (χ1v) is 9.73. The number of hydrogen-bond acceptors (Lipinski definition) is 8. The van der Waals surface area contributed by atoms with E-state index in [1.54, 1.807) is 13.8 Å². The van der Waals surface area contributed by atoms with Crippen LogP contribution in [-0.2, 0) is 11.3 Å². The molecule has 0 unspecified atom stereocenters. The first kappa shape index (κ1) is 21.0. The van der Waals surface area contributed by atoms with Crippen LogP contribution in [0, 0.1) is 6.92 Å². The monoisotopic (exact) mass is 399 g/mol. The number of nitrogens with zero attached hydrogens (tertiary/aromatic N) is 4.